The summed E-state index contributed by atoms with van der Waals surface area (Å²) in [6, 6.07) is 11.6. The van der Waals surface area contributed by atoms with Crippen LogP contribution in [0.3, 0.4) is 0 Å². The number of hydrogen-bond donors (Lipinski definition) is 2. The lowest BCUT2D eigenvalue weighted by Crippen LogP contribution is -2.25. The number of benzene rings is 1. The van der Waals surface area contributed by atoms with Gasteiger partial charge in [0.1, 0.15) is 0 Å². The van der Waals surface area contributed by atoms with Crippen LogP contribution in [0.5, 0.6) is 0 Å². The Bertz CT molecular complexity index is 628. The van der Waals surface area contributed by atoms with Crippen LogP contribution in [0.25, 0.3) is 0 Å². The summed E-state index contributed by atoms with van der Waals surface area (Å²) in [6.45, 7) is 3.63. The second-order valence-corrected chi connectivity index (χ2v) is 6.28. The summed E-state index contributed by atoms with van der Waals surface area (Å²) in [6.07, 6.45) is 10.9. The van der Waals surface area contributed by atoms with Crippen LogP contribution in [0.1, 0.15) is 61.4 Å². The van der Waals surface area contributed by atoms with Crippen molar-refractivity contribution < 1.29 is 4.79 Å². The first-order valence-electron chi connectivity index (χ1n) is 9.31. The SMILES string of the molecule is CCCCCCCCNC(=O)c1ccccc1NCc1ccncc1. The van der Waals surface area contributed by atoms with Gasteiger partial charge in [-0.15, -0.1) is 0 Å². The zero-order valence-corrected chi connectivity index (χ0v) is 15.1. The molecule has 0 fully saturated rings. The molecule has 0 atom stereocenters. The van der Waals surface area contributed by atoms with Gasteiger partial charge in [-0.25, -0.2) is 0 Å². The minimum absolute atomic E-state index is 0.00798. The Morgan fingerprint density at radius 2 is 1.68 bits per heavy atom. The van der Waals surface area contributed by atoms with E-state index < -0.39 is 0 Å². The monoisotopic (exact) mass is 339 g/mol. The number of unbranched alkanes of at least 4 members (excludes halogenated alkanes) is 5. The Balaban J connectivity index is 1.79. The zero-order valence-electron chi connectivity index (χ0n) is 15.1. The maximum Gasteiger partial charge on any atom is 0.253 e. The zero-order chi connectivity index (χ0) is 17.7. The van der Waals surface area contributed by atoms with E-state index in [1.807, 2.05) is 36.4 Å². The van der Waals surface area contributed by atoms with Gasteiger partial charge in [0.15, 0.2) is 0 Å². The maximum atomic E-state index is 12.5. The van der Waals surface area contributed by atoms with Gasteiger partial charge in [0.25, 0.3) is 5.91 Å². The third-order valence-corrected chi connectivity index (χ3v) is 4.22. The fourth-order valence-electron chi connectivity index (χ4n) is 2.74. The van der Waals surface area contributed by atoms with Crippen molar-refractivity contribution in [1.29, 1.82) is 0 Å². The molecule has 2 rings (SSSR count). The molecule has 2 aromatic rings. The van der Waals surface area contributed by atoms with Crippen molar-refractivity contribution in [3.8, 4) is 0 Å². The number of pyridine rings is 1. The second kappa shape index (κ2) is 11.2. The molecule has 0 unspecified atom stereocenters. The smallest absolute Gasteiger partial charge is 0.253 e. The molecule has 0 aliphatic heterocycles. The molecule has 0 aliphatic rings. The molecule has 2 N–H and O–H groups in total. The number of carbonyl (C=O) groups excluding carboxylic acids is 1. The Morgan fingerprint density at radius 1 is 0.960 bits per heavy atom. The largest absolute Gasteiger partial charge is 0.380 e. The number of hydrogen-bond acceptors (Lipinski definition) is 3. The second-order valence-electron chi connectivity index (χ2n) is 6.28. The van der Waals surface area contributed by atoms with Crippen molar-refractivity contribution in [3.63, 3.8) is 0 Å². The number of para-hydroxylation sites is 1. The van der Waals surface area contributed by atoms with Gasteiger partial charge < -0.3 is 10.6 Å². The average Bonchev–Trinajstić information content (AvgIpc) is 2.66. The Morgan fingerprint density at radius 3 is 2.48 bits per heavy atom. The van der Waals surface area contributed by atoms with Crippen molar-refractivity contribution in [3.05, 3.63) is 59.9 Å². The van der Waals surface area contributed by atoms with Gasteiger partial charge in [0.2, 0.25) is 0 Å². The molecule has 25 heavy (non-hydrogen) atoms. The Hall–Kier alpha value is -2.36. The number of aromatic nitrogens is 1. The Labute approximate surface area is 151 Å². The van der Waals surface area contributed by atoms with E-state index in [-0.39, 0.29) is 5.91 Å². The standard InChI is InChI=1S/C21H29N3O/c1-2-3-4-5-6-9-14-23-21(25)19-10-7-8-11-20(19)24-17-18-12-15-22-16-13-18/h7-8,10-13,15-16,24H,2-6,9,14,17H2,1H3,(H,23,25). The summed E-state index contributed by atoms with van der Waals surface area (Å²) in [5, 5.41) is 6.39. The number of nitrogens with zero attached hydrogens (tertiary/aromatic N) is 1. The minimum atomic E-state index is -0.00798. The first-order valence-corrected chi connectivity index (χ1v) is 9.31. The summed E-state index contributed by atoms with van der Waals surface area (Å²) in [7, 11) is 0. The van der Waals surface area contributed by atoms with Crippen LogP contribution in [0.2, 0.25) is 0 Å². The van der Waals surface area contributed by atoms with Crippen molar-refractivity contribution in [2.24, 2.45) is 0 Å². The topological polar surface area (TPSA) is 54.0 Å². The number of carbonyl (C=O) groups is 1. The van der Waals surface area contributed by atoms with E-state index in [0.29, 0.717) is 12.1 Å². The summed E-state index contributed by atoms with van der Waals surface area (Å²) in [5.74, 6) is -0.00798. The van der Waals surface area contributed by atoms with E-state index in [9.17, 15) is 4.79 Å². The van der Waals surface area contributed by atoms with Gasteiger partial charge in [0, 0.05) is 31.2 Å². The summed E-state index contributed by atoms with van der Waals surface area (Å²) in [4.78, 5) is 16.5. The highest BCUT2D eigenvalue weighted by atomic mass is 16.1. The molecule has 0 saturated heterocycles. The fourth-order valence-corrected chi connectivity index (χ4v) is 2.74. The van der Waals surface area contributed by atoms with Crippen molar-refractivity contribution in [2.75, 3.05) is 11.9 Å². The van der Waals surface area contributed by atoms with Crippen LogP contribution < -0.4 is 10.6 Å². The normalized spacial score (nSPS) is 10.4. The number of nitrogens with one attached hydrogen (secondary N) is 2. The van der Waals surface area contributed by atoms with Crippen LogP contribution in [0.4, 0.5) is 5.69 Å². The molecule has 0 bridgehead atoms. The molecule has 1 aromatic heterocycles. The molecule has 134 valence electrons. The number of rotatable bonds is 11. The molecule has 0 aliphatic carbocycles. The summed E-state index contributed by atoms with van der Waals surface area (Å²) in [5.41, 5.74) is 2.69. The highest BCUT2D eigenvalue weighted by molar-refractivity contribution is 5.99. The molecule has 4 nitrogen and oxygen atoms in total. The Kier molecular flexibility index (Phi) is 8.53. The van der Waals surface area contributed by atoms with E-state index in [1.54, 1.807) is 12.4 Å². The van der Waals surface area contributed by atoms with E-state index in [2.05, 4.69) is 22.5 Å². The lowest BCUT2D eigenvalue weighted by Gasteiger charge is -2.12. The predicted molar refractivity (Wildman–Crippen MR) is 104 cm³/mol. The first kappa shape index (κ1) is 19.0. The van der Waals surface area contributed by atoms with E-state index in [1.165, 1.54) is 32.1 Å². The van der Waals surface area contributed by atoms with Crippen LogP contribution >= 0.6 is 0 Å². The van der Waals surface area contributed by atoms with Crippen molar-refractivity contribution in [1.82, 2.24) is 10.3 Å². The molecule has 1 aromatic carbocycles. The third kappa shape index (κ3) is 6.96. The van der Waals surface area contributed by atoms with Crippen molar-refractivity contribution >= 4 is 11.6 Å². The third-order valence-electron chi connectivity index (χ3n) is 4.22. The maximum absolute atomic E-state index is 12.5. The molecule has 0 saturated carbocycles. The van der Waals surface area contributed by atoms with Crippen LogP contribution in [0.15, 0.2) is 48.8 Å². The van der Waals surface area contributed by atoms with Gasteiger partial charge in [-0.1, -0.05) is 51.2 Å². The van der Waals surface area contributed by atoms with Crippen LogP contribution in [-0.2, 0) is 6.54 Å². The highest BCUT2D eigenvalue weighted by Crippen LogP contribution is 2.16. The predicted octanol–water partition coefficient (Wildman–Crippen LogP) is 4.78. The van der Waals surface area contributed by atoms with E-state index >= 15 is 0 Å². The lowest BCUT2D eigenvalue weighted by atomic mass is 10.1. The quantitative estimate of drug-likeness (QED) is 0.579. The minimum Gasteiger partial charge on any atom is -0.380 e. The van der Waals surface area contributed by atoms with Crippen LogP contribution in [-0.4, -0.2) is 17.4 Å². The van der Waals surface area contributed by atoms with Crippen LogP contribution in [0, 0.1) is 0 Å². The number of anilines is 1. The van der Waals surface area contributed by atoms with Crippen molar-refractivity contribution in [2.45, 2.75) is 52.0 Å². The van der Waals surface area contributed by atoms with Gasteiger partial charge >= 0.3 is 0 Å². The highest BCUT2D eigenvalue weighted by Gasteiger charge is 2.10. The van der Waals surface area contributed by atoms with E-state index in [0.717, 1.165) is 24.2 Å². The number of amides is 1. The van der Waals surface area contributed by atoms with E-state index in [4.69, 9.17) is 0 Å². The molecule has 0 spiro atoms. The van der Waals surface area contributed by atoms with Gasteiger partial charge in [-0.2, -0.15) is 0 Å². The average molecular weight is 339 g/mol. The van der Waals surface area contributed by atoms with Gasteiger partial charge in [0.05, 0.1) is 5.56 Å². The summed E-state index contributed by atoms with van der Waals surface area (Å²) < 4.78 is 0. The molecule has 0 radical (unpaired) electrons. The molecular formula is C21H29N3O. The molecular weight excluding hydrogens is 310 g/mol. The lowest BCUT2D eigenvalue weighted by molar-refractivity contribution is 0.0953. The first-order chi connectivity index (χ1) is 12.3. The fraction of sp³-hybridized carbons (Fsp3) is 0.429. The molecule has 1 heterocycles. The summed E-state index contributed by atoms with van der Waals surface area (Å²) >= 11 is 0. The molecule has 1 amide bonds. The molecule has 4 heteroatoms. The van der Waals surface area contributed by atoms with Gasteiger partial charge in [-0.05, 0) is 36.2 Å². The van der Waals surface area contributed by atoms with Gasteiger partial charge in [-0.3, -0.25) is 9.78 Å².